The highest BCUT2D eigenvalue weighted by Gasteiger charge is 2.66. The molecule has 8 nitrogen and oxygen atoms in total. The predicted molar refractivity (Wildman–Crippen MR) is 129 cm³/mol. The molecule has 11 heteroatoms. The van der Waals surface area contributed by atoms with E-state index >= 15 is 4.39 Å². The van der Waals surface area contributed by atoms with Crippen LogP contribution in [0.4, 0.5) is 14.5 Å². The first-order chi connectivity index (χ1) is 16.5. The van der Waals surface area contributed by atoms with E-state index in [9.17, 15) is 9.18 Å². The first-order valence-electron chi connectivity index (χ1n) is 10.8. The number of rotatable bonds is 7. The van der Waals surface area contributed by atoms with Crippen LogP contribution in [0.2, 0.25) is 0 Å². The number of carbonyl (C=O) groups is 1. The summed E-state index contributed by atoms with van der Waals surface area (Å²) >= 11 is 1.39. The van der Waals surface area contributed by atoms with Gasteiger partial charge in [0, 0.05) is 30.3 Å². The number of aryl methyl sites for hydroxylation is 1. The number of terminal acetylenes is 1. The van der Waals surface area contributed by atoms with Crippen LogP contribution in [0, 0.1) is 36.8 Å². The number of halogens is 2. The molecule has 1 aliphatic carbocycles. The molecule has 1 aromatic carbocycles. The third-order valence-electron chi connectivity index (χ3n) is 6.25. The number of anilines is 1. The number of aromatic nitrogens is 2. The molecule has 1 saturated carbocycles. The van der Waals surface area contributed by atoms with Crippen LogP contribution in [0.15, 0.2) is 23.3 Å². The van der Waals surface area contributed by atoms with E-state index in [-0.39, 0.29) is 44.4 Å². The van der Waals surface area contributed by atoms with Gasteiger partial charge in [-0.2, -0.15) is 0 Å². The molecule has 2 heterocycles. The molecule has 1 aliphatic heterocycles. The Morgan fingerprint density at radius 3 is 2.86 bits per heavy atom. The number of ether oxygens (including phenoxy) is 2. The smallest absolute Gasteiger partial charge is 0.276 e. The Morgan fingerprint density at radius 1 is 1.46 bits per heavy atom. The van der Waals surface area contributed by atoms with Crippen molar-refractivity contribution < 1.29 is 23.0 Å². The van der Waals surface area contributed by atoms with E-state index in [1.54, 1.807) is 27.9 Å². The SMILES string of the molecule is C#C[C@H](C)Oc1cnc(C(=O)Nc2cc(F)c(F)c([C@@]3(C)N=C(N)S[C@@]4(COC)C[C@H]43)c2)c(C)n1. The summed E-state index contributed by atoms with van der Waals surface area (Å²) in [6.07, 6.45) is 6.73. The number of aliphatic imine (C=N–C) groups is 1. The van der Waals surface area contributed by atoms with Gasteiger partial charge in [0.1, 0.15) is 5.69 Å². The lowest BCUT2D eigenvalue weighted by Crippen LogP contribution is -2.38. The lowest BCUT2D eigenvalue weighted by molar-refractivity contribution is 0.102. The van der Waals surface area contributed by atoms with E-state index in [1.165, 1.54) is 24.0 Å². The number of nitrogens with two attached hydrogens (primary N) is 1. The van der Waals surface area contributed by atoms with Crippen LogP contribution in [-0.2, 0) is 10.3 Å². The molecule has 4 rings (SSSR count). The third-order valence-corrected chi connectivity index (χ3v) is 7.52. The first kappa shape index (κ1) is 24.9. The number of benzene rings is 1. The molecule has 0 saturated heterocycles. The number of fused-ring (bicyclic) bond motifs is 1. The van der Waals surface area contributed by atoms with Gasteiger partial charge in [-0.15, -0.1) is 6.42 Å². The minimum atomic E-state index is -1.12. The van der Waals surface area contributed by atoms with Crippen molar-refractivity contribution in [2.45, 2.75) is 43.6 Å². The van der Waals surface area contributed by atoms with E-state index in [0.717, 1.165) is 6.07 Å². The molecular formula is C24H25F2N5O3S. The number of thioether (sulfide) groups is 1. The fourth-order valence-corrected chi connectivity index (χ4v) is 5.95. The summed E-state index contributed by atoms with van der Waals surface area (Å²) in [5.41, 5.74) is 5.29. The highest BCUT2D eigenvalue weighted by atomic mass is 32.2. The van der Waals surface area contributed by atoms with Crippen LogP contribution < -0.4 is 15.8 Å². The molecule has 2 aliphatic rings. The minimum absolute atomic E-state index is 0.000779. The summed E-state index contributed by atoms with van der Waals surface area (Å²) in [6, 6.07) is 2.29. The summed E-state index contributed by atoms with van der Waals surface area (Å²) in [4.78, 5) is 25.7. The minimum Gasteiger partial charge on any atom is -0.460 e. The average molecular weight is 502 g/mol. The maximum atomic E-state index is 15.1. The van der Waals surface area contributed by atoms with E-state index in [2.05, 4.69) is 26.2 Å². The Bertz CT molecular complexity index is 1270. The van der Waals surface area contributed by atoms with Crippen LogP contribution >= 0.6 is 11.8 Å². The third kappa shape index (κ3) is 4.56. The molecule has 184 valence electrons. The second-order valence-electron chi connectivity index (χ2n) is 8.80. The van der Waals surface area contributed by atoms with Crippen molar-refractivity contribution in [1.82, 2.24) is 9.97 Å². The number of methoxy groups -OCH3 is 1. The molecule has 1 fully saturated rings. The van der Waals surface area contributed by atoms with Crippen molar-refractivity contribution in [2.24, 2.45) is 16.6 Å². The maximum Gasteiger partial charge on any atom is 0.276 e. The van der Waals surface area contributed by atoms with Crippen LogP contribution in [0.1, 0.15) is 42.0 Å². The van der Waals surface area contributed by atoms with Gasteiger partial charge in [-0.05, 0) is 33.3 Å². The van der Waals surface area contributed by atoms with Gasteiger partial charge in [0.25, 0.3) is 5.91 Å². The van der Waals surface area contributed by atoms with Crippen LogP contribution in [0.3, 0.4) is 0 Å². The van der Waals surface area contributed by atoms with Crippen molar-refractivity contribution in [3.63, 3.8) is 0 Å². The summed E-state index contributed by atoms with van der Waals surface area (Å²) in [5, 5.41) is 2.86. The number of nitrogens with one attached hydrogen (secondary N) is 1. The highest BCUT2D eigenvalue weighted by molar-refractivity contribution is 8.15. The maximum absolute atomic E-state index is 15.1. The van der Waals surface area contributed by atoms with Gasteiger partial charge in [-0.25, -0.2) is 18.7 Å². The van der Waals surface area contributed by atoms with Gasteiger partial charge < -0.3 is 20.5 Å². The van der Waals surface area contributed by atoms with Crippen LogP contribution in [-0.4, -0.2) is 45.6 Å². The van der Waals surface area contributed by atoms with Crippen molar-refractivity contribution >= 4 is 28.5 Å². The van der Waals surface area contributed by atoms with E-state index in [4.69, 9.17) is 21.6 Å². The highest BCUT2D eigenvalue weighted by Crippen LogP contribution is 2.66. The average Bonchev–Trinajstić information content (AvgIpc) is 3.50. The quantitative estimate of drug-likeness (QED) is 0.560. The van der Waals surface area contributed by atoms with Crippen LogP contribution in [0.5, 0.6) is 5.88 Å². The number of nitrogens with zero attached hydrogens (tertiary/aromatic N) is 3. The second-order valence-corrected chi connectivity index (χ2v) is 10.2. The van der Waals surface area contributed by atoms with Gasteiger partial charge in [-0.1, -0.05) is 17.7 Å². The van der Waals surface area contributed by atoms with Gasteiger partial charge in [0.15, 0.2) is 22.9 Å². The standard InChI is InChI=1S/C24H25F2N5O3S/c1-6-12(2)34-18-10-28-20(13(3)29-18)21(32)30-14-7-15(19(26)16(25)8-14)23(4)17-9-24(17,11-33-5)35-22(27)31-23/h1,7-8,10,12,17H,9,11H2,2-5H3,(H2,27,31)(H,30,32)/t12-,17-,23+,24+/m0/s1. The van der Waals surface area contributed by atoms with Crippen molar-refractivity contribution in [1.29, 1.82) is 0 Å². The van der Waals surface area contributed by atoms with Gasteiger partial charge >= 0.3 is 0 Å². The fourth-order valence-electron chi connectivity index (χ4n) is 4.50. The number of amidine groups is 1. The molecule has 0 spiro atoms. The second kappa shape index (κ2) is 9.09. The predicted octanol–water partition coefficient (Wildman–Crippen LogP) is 3.40. The Kier molecular flexibility index (Phi) is 6.46. The zero-order valence-corrected chi connectivity index (χ0v) is 20.5. The van der Waals surface area contributed by atoms with E-state index in [0.29, 0.717) is 13.0 Å². The van der Waals surface area contributed by atoms with E-state index < -0.39 is 29.2 Å². The Morgan fingerprint density at radius 2 is 2.20 bits per heavy atom. The molecule has 3 N–H and O–H groups in total. The summed E-state index contributed by atoms with van der Waals surface area (Å²) in [6.45, 7) is 5.37. The normalized spacial score (nSPS) is 25.6. The molecule has 0 bridgehead atoms. The van der Waals surface area contributed by atoms with Crippen molar-refractivity contribution in [3.8, 4) is 18.2 Å². The van der Waals surface area contributed by atoms with Gasteiger partial charge in [0.2, 0.25) is 5.88 Å². The Balaban J connectivity index is 1.63. The molecule has 1 aromatic heterocycles. The molecule has 35 heavy (non-hydrogen) atoms. The molecule has 0 unspecified atom stereocenters. The lowest BCUT2D eigenvalue weighted by Gasteiger charge is -2.34. The van der Waals surface area contributed by atoms with Crippen molar-refractivity contribution in [2.75, 3.05) is 19.0 Å². The topological polar surface area (TPSA) is 112 Å². The Hall–Kier alpha value is -3.23. The fraction of sp³-hybridized carbons (Fsp3) is 0.417. The molecule has 4 atom stereocenters. The number of amides is 1. The van der Waals surface area contributed by atoms with Crippen molar-refractivity contribution in [3.05, 3.63) is 46.9 Å². The first-order valence-corrected chi connectivity index (χ1v) is 11.6. The van der Waals surface area contributed by atoms with Gasteiger partial charge in [0.05, 0.1) is 28.8 Å². The molecule has 0 radical (unpaired) electrons. The van der Waals surface area contributed by atoms with E-state index in [1.807, 2.05) is 0 Å². The number of carbonyl (C=O) groups excluding carboxylic acids is 1. The molecule has 1 amide bonds. The summed E-state index contributed by atoms with van der Waals surface area (Å²) < 4.78 is 40.1. The Labute approximate surface area is 206 Å². The monoisotopic (exact) mass is 501 g/mol. The van der Waals surface area contributed by atoms with Gasteiger partial charge in [-0.3, -0.25) is 9.79 Å². The lowest BCUT2D eigenvalue weighted by atomic mass is 9.85. The number of hydrogen-bond donors (Lipinski definition) is 2. The zero-order chi connectivity index (χ0) is 25.5. The zero-order valence-electron chi connectivity index (χ0n) is 19.7. The number of hydrogen-bond acceptors (Lipinski definition) is 8. The molecular weight excluding hydrogens is 476 g/mol. The van der Waals surface area contributed by atoms with Crippen LogP contribution in [0.25, 0.3) is 0 Å². The largest absolute Gasteiger partial charge is 0.460 e. The summed E-state index contributed by atoms with van der Waals surface area (Å²) in [7, 11) is 1.58. The summed E-state index contributed by atoms with van der Waals surface area (Å²) in [5.74, 6) is -0.328. The molecule has 2 aromatic rings.